The summed E-state index contributed by atoms with van der Waals surface area (Å²) in [4.78, 5) is 7.35. The van der Waals surface area contributed by atoms with E-state index in [9.17, 15) is 5.11 Å². The molecule has 0 aliphatic rings. The standard InChI is InChI=1S/C18H18N2O3/c1-22-13-5-3-12(4-6-13)10-19-11-16-15-9-14(23-2)7-8-17(15)20-18(16)21/h3-9,11,20-21H,10H2,1-2H3. The van der Waals surface area contributed by atoms with Gasteiger partial charge in [0, 0.05) is 17.1 Å². The van der Waals surface area contributed by atoms with Crippen LogP contribution >= 0.6 is 0 Å². The molecule has 5 heteroatoms. The third kappa shape index (κ3) is 3.13. The summed E-state index contributed by atoms with van der Waals surface area (Å²) in [5, 5.41) is 10.9. The van der Waals surface area contributed by atoms with Gasteiger partial charge in [-0.05, 0) is 35.9 Å². The van der Waals surface area contributed by atoms with E-state index in [0.29, 0.717) is 12.1 Å². The molecule has 2 aromatic carbocycles. The van der Waals surface area contributed by atoms with Crippen LogP contribution in [0.2, 0.25) is 0 Å². The minimum Gasteiger partial charge on any atom is -0.497 e. The minimum atomic E-state index is 0.103. The Bertz CT molecular complexity index is 835. The van der Waals surface area contributed by atoms with Crippen LogP contribution < -0.4 is 9.47 Å². The van der Waals surface area contributed by atoms with Gasteiger partial charge in [-0.2, -0.15) is 0 Å². The highest BCUT2D eigenvalue weighted by atomic mass is 16.5. The topological polar surface area (TPSA) is 66.8 Å². The number of H-pyrrole nitrogens is 1. The number of aliphatic imine (C=N–C) groups is 1. The van der Waals surface area contributed by atoms with Crippen LogP contribution in [0.5, 0.6) is 17.4 Å². The van der Waals surface area contributed by atoms with Crippen molar-refractivity contribution in [2.45, 2.75) is 6.54 Å². The first-order chi connectivity index (χ1) is 11.2. The van der Waals surface area contributed by atoms with Crippen molar-refractivity contribution in [1.29, 1.82) is 0 Å². The van der Waals surface area contributed by atoms with Gasteiger partial charge in [0.15, 0.2) is 5.88 Å². The lowest BCUT2D eigenvalue weighted by Gasteiger charge is -2.01. The average molecular weight is 310 g/mol. The van der Waals surface area contributed by atoms with Crippen LogP contribution in [-0.4, -0.2) is 30.5 Å². The number of hydrogen-bond acceptors (Lipinski definition) is 4. The molecule has 3 rings (SSSR count). The number of fused-ring (bicyclic) bond motifs is 1. The molecule has 1 heterocycles. The molecule has 0 aliphatic heterocycles. The molecule has 1 aromatic heterocycles. The Balaban J connectivity index is 1.83. The largest absolute Gasteiger partial charge is 0.497 e. The van der Waals surface area contributed by atoms with Gasteiger partial charge in [0.1, 0.15) is 11.5 Å². The predicted molar refractivity (Wildman–Crippen MR) is 90.8 cm³/mol. The third-order valence-corrected chi connectivity index (χ3v) is 3.68. The highest BCUT2D eigenvalue weighted by Crippen LogP contribution is 2.28. The smallest absolute Gasteiger partial charge is 0.198 e. The Hall–Kier alpha value is -2.95. The van der Waals surface area contributed by atoms with Crippen LogP contribution in [0.1, 0.15) is 11.1 Å². The first-order valence-electron chi connectivity index (χ1n) is 7.22. The van der Waals surface area contributed by atoms with Crippen molar-refractivity contribution in [2.75, 3.05) is 14.2 Å². The SMILES string of the molecule is COc1ccc(CN=Cc2c(O)[nH]c3ccc(OC)cc23)cc1. The number of ether oxygens (including phenoxy) is 2. The molecule has 0 saturated carbocycles. The van der Waals surface area contributed by atoms with E-state index in [4.69, 9.17) is 9.47 Å². The van der Waals surface area contributed by atoms with Gasteiger partial charge >= 0.3 is 0 Å². The zero-order valence-corrected chi connectivity index (χ0v) is 13.0. The van der Waals surface area contributed by atoms with Crippen molar-refractivity contribution >= 4 is 17.1 Å². The number of benzene rings is 2. The molecule has 0 unspecified atom stereocenters. The van der Waals surface area contributed by atoms with Crippen molar-refractivity contribution in [2.24, 2.45) is 4.99 Å². The summed E-state index contributed by atoms with van der Waals surface area (Å²) in [6, 6.07) is 13.3. The fourth-order valence-electron chi connectivity index (χ4n) is 2.41. The zero-order chi connectivity index (χ0) is 16.2. The van der Waals surface area contributed by atoms with E-state index in [1.54, 1.807) is 20.4 Å². The molecular weight excluding hydrogens is 292 g/mol. The van der Waals surface area contributed by atoms with Gasteiger partial charge < -0.3 is 19.6 Å². The van der Waals surface area contributed by atoms with Crippen molar-refractivity contribution in [3.63, 3.8) is 0 Å². The maximum Gasteiger partial charge on any atom is 0.198 e. The summed E-state index contributed by atoms with van der Waals surface area (Å²) in [5.74, 6) is 1.66. The lowest BCUT2D eigenvalue weighted by atomic mass is 10.1. The molecule has 118 valence electrons. The van der Waals surface area contributed by atoms with E-state index in [0.717, 1.165) is 28.0 Å². The summed E-state index contributed by atoms with van der Waals surface area (Å²) >= 11 is 0. The third-order valence-electron chi connectivity index (χ3n) is 3.68. The molecule has 23 heavy (non-hydrogen) atoms. The molecule has 0 radical (unpaired) electrons. The van der Waals surface area contributed by atoms with Crippen LogP contribution in [-0.2, 0) is 6.54 Å². The summed E-state index contributed by atoms with van der Waals surface area (Å²) in [5.41, 5.74) is 2.57. The highest BCUT2D eigenvalue weighted by Gasteiger charge is 2.09. The fourth-order valence-corrected chi connectivity index (χ4v) is 2.41. The second-order valence-corrected chi connectivity index (χ2v) is 5.12. The second kappa shape index (κ2) is 6.44. The zero-order valence-electron chi connectivity index (χ0n) is 13.0. The highest BCUT2D eigenvalue weighted by molar-refractivity contribution is 6.02. The van der Waals surface area contributed by atoms with E-state index in [1.807, 2.05) is 42.5 Å². The molecule has 0 amide bonds. The minimum absolute atomic E-state index is 0.103. The Morgan fingerprint density at radius 2 is 1.74 bits per heavy atom. The number of nitrogens with zero attached hydrogens (tertiary/aromatic N) is 1. The maximum atomic E-state index is 10.1. The molecule has 0 aliphatic carbocycles. The molecule has 0 saturated heterocycles. The van der Waals surface area contributed by atoms with Gasteiger partial charge in [-0.15, -0.1) is 0 Å². The van der Waals surface area contributed by atoms with Crippen LogP contribution in [0.25, 0.3) is 10.9 Å². The van der Waals surface area contributed by atoms with Crippen LogP contribution in [0.4, 0.5) is 0 Å². The molecule has 3 aromatic rings. The Labute approximate surface area is 134 Å². The first kappa shape index (κ1) is 15.0. The van der Waals surface area contributed by atoms with Gasteiger partial charge in [-0.1, -0.05) is 12.1 Å². The van der Waals surface area contributed by atoms with Crippen molar-refractivity contribution in [3.05, 3.63) is 53.6 Å². The number of methoxy groups -OCH3 is 2. The number of aromatic hydroxyl groups is 1. The van der Waals surface area contributed by atoms with Crippen LogP contribution in [0, 0.1) is 0 Å². The maximum absolute atomic E-state index is 10.1. The quantitative estimate of drug-likeness (QED) is 0.709. The molecule has 0 atom stereocenters. The lowest BCUT2D eigenvalue weighted by molar-refractivity contribution is 0.414. The molecule has 2 N–H and O–H groups in total. The van der Waals surface area contributed by atoms with E-state index in [2.05, 4.69) is 9.98 Å². The van der Waals surface area contributed by atoms with E-state index in [1.165, 1.54) is 0 Å². The fraction of sp³-hybridized carbons (Fsp3) is 0.167. The normalized spacial score (nSPS) is 11.2. The Kier molecular flexibility index (Phi) is 4.19. The predicted octanol–water partition coefficient (Wildman–Crippen LogP) is 3.51. The van der Waals surface area contributed by atoms with Gasteiger partial charge in [0.05, 0.1) is 26.3 Å². The molecule has 0 bridgehead atoms. The summed E-state index contributed by atoms with van der Waals surface area (Å²) in [7, 11) is 3.26. The summed E-state index contributed by atoms with van der Waals surface area (Å²) in [6.45, 7) is 0.528. The van der Waals surface area contributed by atoms with Crippen molar-refractivity contribution in [1.82, 2.24) is 4.98 Å². The monoisotopic (exact) mass is 310 g/mol. The van der Waals surface area contributed by atoms with Crippen molar-refractivity contribution in [3.8, 4) is 17.4 Å². The molecule has 0 spiro atoms. The summed E-state index contributed by atoms with van der Waals surface area (Å²) in [6.07, 6.45) is 1.68. The van der Waals surface area contributed by atoms with Crippen LogP contribution in [0.3, 0.4) is 0 Å². The van der Waals surface area contributed by atoms with Crippen LogP contribution in [0.15, 0.2) is 47.5 Å². The van der Waals surface area contributed by atoms with E-state index < -0.39 is 0 Å². The van der Waals surface area contributed by atoms with Gasteiger partial charge in [0.25, 0.3) is 0 Å². The van der Waals surface area contributed by atoms with E-state index >= 15 is 0 Å². The van der Waals surface area contributed by atoms with Gasteiger partial charge in [-0.3, -0.25) is 4.99 Å². The Morgan fingerprint density at radius 3 is 2.43 bits per heavy atom. The van der Waals surface area contributed by atoms with Gasteiger partial charge in [-0.25, -0.2) is 0 Å². The first-order valence-corrected chi connectivity index (χ1v) is 7.22. The van der Waals surface area contributed by atoms with E-state index in [-0.39, 0.29) is 5.88 Å². The number of hydrogen-bond donors (Lipinski definition) is 2. The van der Waals surface area contributed by atoms with Crippen molar-refractivity contribution < 1.29 is 14.6 Å². The molecule has 5 nitrogen and oxygen atoms in total. The second-order valence-electron chi connectivity index (χ2n) is 5.12. The average Bonchev–Trinajstić information content (AvgIpc) is 2.90. The number of nitrogens with one attached hydrogen (secondary N) is 1. The van der Waals surface area contributed by atoms with Gasteiger partial charge in [0.2, 0.25) is 0 Å². The Morgan fingerprint density at radius 1 is 1.04 bits per heavy atom. The number of rotatable bonds is 5. The molecular formula is C18H18N2O3. The lowest BCUT2D eigenvalue weighted by Crippen LogP contribution is -1.87. The molecule has 0 fully saturated rings. The number of aromatic amines is 1. The summed E-state index contributed by atoms with van der Waals surface area (Å²) < 4.78 is 10.4. The number of aromatic nitrogens is 1.